The molecule has 5 rings (SSSR count). The van der Waals surface area contributed by atoms with Crippen molar-refractivity contribution in [2.45, 2.75) is 107 Å². The molecule has 2 aromatic rings. The van der Waals surface area contributed by atoms with Gasteiger partial charge in [-0.05, 0) is 62.5 Å². The molecule has 2 aromatic carbocycles. The Morgan fingerprint density at radius 1 is 0.731 bits per heavy atom. The van der Waals surface area contributed by atoms with Crippen molar-refractivity contribution in [3.63, 3.8) is 0 Å². The topological polar surface area (TPSA) is 353 Å². The minimum absolute atomic E-state index is 0.00496. The summed E-state index contributed by atoms with van der Waals surface area (Å²) >= 11 is 0. The third-order valence-electron chi connectivity index (χ3n) is 12.0. The van der Waals surface area contributed by atoms with E-state index in [0.29, 0.717) is 69.2 Å². The summed E-state index contributed by atoms with van der Waals surface area (Å²) in [5.74, 6) is -5.98. The maximum atomic E-state index is 13.9. The molecule has 0 spiro atoms. The summed E-state index contributed by atoms with van der Waals surface area (Å²) in [5.41, 5.74) is 18.3. The third kappa shape index (κ3) is 13.9. The molecule has 0 bridgehead atoms. The highest BCUT2D eigenvalue weighted by Gasteiger charge is 2.43. The highest BCUT2D eigenvalue weighted by Crippen LogP contribution is 2.26. The molecule has 3 aliphatic heterocycles. The number of diazo groups is 1. The van der Waals surface area contributed by atoms with Gasteiger partial charge in [-0.2, -0.15) is 0 Å². The van der Waals surface area contributed by atoms with E-state index in [0.717, 1.165) is 0 Å². The van der Waals surface area contributed by atoms with Crippen LogP contribution in [-0.4, -0.2) is 160 Å². The van der Waals surface area contributed by atoms with Gasteiger partial charge in [-0.1, -0.05) is 42.5 Å². The molecule has 7 amide bonds. The maximum Gasteiger partial charge on any atom is 0.385 e. The molecule has 12 N–H and O–H groups in total. The van der Waals surface area contributed by atoms with E-state index in [-0.39, 0.29) is 44.0 Å². The Hall–Kier alpha value is -7.19. The number of carboxylic acid groups (broad SMARTS) is 1. The van der Waals surface area contributed by atoms with Crippen molar-refractivity contribution in [2.24, 2.45) is 22.2 Å². The lowest BCUT2D eigenvalue weighted by Crippen LogP contribution is -2.59. The highest BCUT2D eigenvalue weighted by molar-refractivity contribution is 5.97. The summed E-state index contributed by atoms with van der Waals surface area (Å²) in [7, 11) is 0. The molecule has 3 fully saturated rings. The van der Waals surface area contributed by atoms with Crippen molar-refractivity contribution < 1.29 is 48.6 Å². The van der Waals surface area contributed by atoms with E-state index in [1.54, 1.807) is 42.5 Å². The number of amides is 7. The molecule has 23 nitrogen and oxygen atoms in total. The number of nitrogens with zero attached hydrogens (tertiary/aromatic N) is 6. The van der Waals surface area contributed by atoms with Crippen LogP contribution in [0.15, 0.2) is 59.6 Å². The zero-order valence-corrected chi connectivity index (χ0v) is 37.1. The Kier molecular flexibility index (Phi) is 18.5. The van der Waals surface area contributed by atoms with Crippen LogP contribution in [0, 0.1) is 5.39 Å². The highest BCUT2D eigenvalue weighted by atomic mass is 16.4. The summed E-state index contributed by atoms with van der Waals surface area (Å²) in [6, 6.07) is 6.72. The van der Waals surface area contributed by atoms with Gasteiger partial charge in [-0.3, -0.25) is 38.6 Å². The number of carboxylic acids is 1. The number of nitrogens with one attached hydrogen (secondary N) is 4. The van der Waals surface area contributed by atoms with Crippen LogP contribution in [0.3, 0.4) is 0 Å². The number of aliphatic hydroxyl groups excluding tert-OH is 1. The number of carbonyl (C=O) groups excluding carboxylic acids is 7. The molecule has 0 unspecified atom stereocenters. The Labute approximate surface area is 386 Å². The molecule has 0 aromatic heterocycles. The van der Waals surface area contributed by atoms with Gasteiger partial charge in [0.25, 0.3) is 0 Å². The van der Waals surface area contributed by atoms with Crippen LogP contribution in [0.2, 0.25) is 0 Å². The number of rotatable bonds is 21. The minimum Gasteiger partial charge on any atom is -0.480 e. The van der Waals surface area contributed by atoms with E-state index in [1.807, 2.05) is 0 Å². The van der Waals surface area contributed by atoms with E-state index in [2.05, 4.69) is 31.2 Å². The molecular formula is C44H60N13O10+. The van der Waals surface area contributed by atoms with Crippen molar-refractivity contribution in [2.75, 3.05) is 39.3 Å². The first kappa shape index (κ1) is 50.8. The van der Waals surface area contributed by atoms with Crippen LogP contribution >= 0.6 is 0 Å². The van der Waals surface area contributed by atoms with Crippen LogP contribution in [0.25, 0.3) is 4.98 Å². The number of hydrogen-bond donors (Lipinski definition) is 9. The van der Waals surface area contributed by atoms with Gasteiger partial charge in [-0.25, -0.2) is 4.79 Å². The van der Waals surface area contributed by atoms with Crippen LogP contribution in [0.5, 0.6) is 0 Å². The second kappa shape index (κ2) is 24.4. The monoisotopic (exact) mass is 930 g/mol. The Morgan fingerprint density at radius 2 is 1.31 bits per heavy atom. The van der Waals surface area contributed by atoms with E-state index in [1.165, 1.54) is 26.8 Å². The lowest BCUT2D eigenvalue weighted by atomic mass is 10.0. The fourth-order valence-electron chi connectivity index (χ4n) is 8.59. The molecule has 0 aliphatic carbocycles. The number of aliphatic carboxylic acids is 1. The average Bonchev–Trinajstić information content (AvgIpc) is 4.13. The lowest BCUT2D eigenvalue weighted by Gasteiger charge is -2.32. The van der Waals surface area contributed by atoms with Crippen molar-refractivity contribution in [1.29, 1.82) is 5.39 Å². The number of guanidine groups is 1. The number of aliphatic hydroxyl groups is 1. The summed E-state index contributed by atoms with van der Waals surface area (Å²) < 4.78 is 0. The maximum absolute atomic E-state index is 13.9. The second-order valence-electron chi connectivity index (χ2n) is 16.8. The first-order valence-electron chi connectivity index (χ1n) is 22.3. The number of carbonyl (C=O) groups is 8. The zero-order chi connectivity index (χ0) is 48.6. The molecular weight excluding hydrogens is 871 g/mol. The van der Waals surface area contributed by atoms with Crippen LogP contribution in [-0.2, 0) is 51.2 Å². The molecule has 67 heavy (non-hydrogen) atoms. The van der Waals surface area contributed by atoms with Gasteiger partial charge >= 0.3 is 11.7 Å². The first-order valence-corrected chi connectivity index (χ1v) is 22.3. The molecule has 23 heteroatoms. The van der Waals surface area contributed by atoms with Crippen LogP contribution < -0.4 is 38.5 Å². The standard InChI is InChI=1S/C44H59N13O10/c45-29(10-4-18-49-44(46)47)40(63)57-21-7-13-35(57)42(65)56-20-5-11-33(56)38(61)50-24-36(59)51-30(22-27-14-16-28(54-48)17-15-27)37(60)53-32(25-58)41(64)55-19-6-12-34(55)39(62)52-31(43(66)67)23-26-8-2-1-3-9-26/h1-3,8-9,14-17,29-35,58H,4-7,10-13,18-25,45H2,(H8-,46,47,49,50,51,52,53,59,60,61,62,66,67)/p+1/t29-,30-,31-,32-,33-,34-,35-/m0/s1. The first-order chi connectivity index (χ1) is 32.1. The van der Waals surface area contributed by atoms with Gasteiger partial charge in [0.1, 0.15) is 36.3 Å². The summed E-state index contributed by atoms with van der Waals surface area (Å²) in [6.07, 6.45) is 2.93. The second-order valence-corrected chi connectivity index (χ2v) is 16.8. The van der Waals surface area contributed by atoms with E-state index in [9.17, 15) is 48.6 Å². The molecule has 3 aliphatic rings. The molecule has 360 valence electrons. The largest absolute Gasteiger partial charge is 0.480 e. The van der Waals surface area contributed by atoms with Gasteiger partial charge < -0.3 is 63.4 Å². The Morgan fingerprint density at radius 3 is 1.93 bits per heavy atom. The quantitative estimate of drug-likeness (QED) is 0.0282. The number of aliphatic imine (C=N–C) groups is 1. The van der Waals surface area contributed by atoms with Gasteiger partial charge in [0.15, 0.2) is 10.9 Å². The molecule has 0 radical (unpaired) electrons. The number of hydrogen-bond acceptors (Lipinski definition) is 12. The third-order valence-corrected chi connectivity index (χ3v) is 12.0. The van der Waals surface area contributed by atoms with E-state index in [4.69, 9.17) is 22.6 Å². The Bertz CT molecular complexity index is 2180. The van der Waals surface area contributed by atoms with Crippen LogP contribution in [0.4, 0.5) is 5.69 Å². The minimum atomic E-state index is -1.57. The molecule has 0 saturated carbocycles. The zero-order valence-electron chi connectivity index (χ0n) is 37.1. The summed E-state index contributed by atoms with van der Waals surface area (Å²) in [4.78, 5) is 118. The SMILES string of the molecule is N#[N+]c1ccc(C[C@H](NC(=O)CNC(=O)[C@@H]2CCCN2C(=O)[C@@H]2CCCN2C(=O)[C@@H](N)CCCN=C(N)N)C(=O)N[C@@H](CO)C(=O)N2CCC[C@H]2C(=O)N[C@@H](Cc2ccccc2)C(=O)O)cc1. The van der Waals surface area contributed by atoms with Gasteiger partial charge in [0.05, 0.1) is 19.2 Å². The van der Waals surface area contributed by atoms with Gasteiger partial charge in [-0.15, -0.1) is 0 Å². The van der Waals surface area contributed by atoms with Crippen molar-refractivity contribution in [3.05, 3.63) is 70.7 Å². The predicted octanol–water partition coefficient (Wildman–Crippen LogP) is -2.04. The predicted molar refractivity (Wildman–Crippen MR) is 241 cm³/mol. The summed E-state index contributed by atoms with van der Waals surface area (Å²) in [5, 5.41) is 39.5. The Balaban J connectivity index is 1.20. The number of nitrogens with two attached hydrogens (primary N) is 3. The molecule has 3 saturated heterocycles. The normalized spacial score (nSPS) is 19.5. The summed E-state index contributed by atoms with van der Waals surface area (Å²) in [6.45, 7) is -0.545. The van der Waals surface area contributed by atoms with E-state index >= 15 is 0 Å². The molecule has 3 heterocycles. The lowest BCUT2D eigenvalue weighted by molar-refractivity contribution is -0.147. The average molecular weight is 931 g/mol. The molecule has 7 atom stereocenters. The van der Waals surface area contributed by atoms with Crippen LogP contribution in [0.1, 0.15) is 62.5 Å². The van der Waals surface area contributed by atoms with Crippen molar-refractivity contribution >= 4 is 59.0 Å². The van der Waals surface area contributed by atoms with Gasteiger partial charge in [0, 0.05) is 51.2 Å². The fraction of sp³-hybridized carbons (Fsp3) is 0.523. The number of benzene rings is 2. The number of likely N-dealkylation sites (tertiary alicyclic amines) is 3. The fourth-order valence-corrected chi connectivity index (χ4v) is 8.59. The smallest absolute Gasteiger partial charge is 0.385 e. The van der Waals surface area contributed by atoms with E-state index < -0.39 is 103 Å². The van der Waals surface area contributed by atoms with Crippen molar-refractivity contribution in [3.8, 4) is 0 Å². The van der Waals surface area contributed by atoms with Gasteiger partial charge in [0.2, 0.25) is 46.7 Å². The van der Waals surface area contributed by atoms with Crippen molar-refractivity contribution in [1.82, 2.24) is 36.0 Å².